The Bertz CT molecular complexity index is 2100. The van der Waals surface area contributed by atoms with Crippen molar-refractivity contribution in [2.45, 2.75) is 121 Å². The summed E-state index contributed by atoms with van der Waals surface area (Å²) in [6, 6.07) is 23.3. The third-order valence-corrected chi connectivity index (χ3v) is 11.1. The number of nitrogens with zero attached hydrogens (tertiary/aromatic N) is 1. The molecule has 1 radical (unpaired) electrons. The van der Waals surface area contributed by atoms with Crippen LogP contribution in [0.15, 0.2) is 72.6 Å². The van der Waals surface area contributed by atoms with E-state index in [1.54, 1.807) is 0 Å². The second-order valence-corrected chi connectivity index (χ2v) is 17.2. The minimum absolute atomic E-state index is 0. The second kappa shape index (κ2) is 16.9. The molecule has 4 aromatic carbocycles. The fourth-order valence-electron chi connectivity index (χ4n) is 7.96. The molecule has 0 fully saturated rings. The molecule has 0 unspecified atom stereocenters. The van der Waals surface area contributed by atoms with Crippen LogP contribution in [0.4, 0.5) is 0 Å². The van der Waals surface area contributed by atoms with Crippen LogP contribution in [0.5, 0.6) is 11.5 Å². The van der Waals surface area contributed by atoms with E-state index in [4.69, 9.17) is 9.72 Å². The molecule has 6 rings (SSSR count). The average Bonchev–Trinajstić information content (AvgIpc) is 3.10. The number of ketones is 1. The van der Waals surface area contributed by atoms with Crippen LogP contribution in [0.1, 0.15) is 119 Å². The monoisotopic (exact) mass is 891 g/mol. The van der Waals surface area contributed by atoms with Crippen LogP contribution in [0.25, 0.3) is 43.6 Å². The Kier molecular flexibility index (Phi) is 13.4. The molecule has 0 saturated heterocycles. The van der Waals surface area contributed by atoms with Gasteiger partial charge in [-0.2, -0.15) is 0 Å². The Morgan fingerprint density at radius 2 is 1.43 bits per heavy atom. The number of pyridine rings is 1. The number of ether oxygens (including phenoxy) is 1. The van der Waals surface area contributed by atoms with Gasteiger partial charge in [-0.05, 0) is 89.6 Å². The van der Waals surface area contributed by atoms with E-state index in [1.807, 2.05) is 20.0 Å². The van der Waals surface area contributed by atoms with E-state index in [0.717, 1.165) is 78.5 Å². The van der Waals surface area contributed by atoms with Gasteiger partial charge in [0.25, 0.3) is 0 Å². The van der Waals surface area contributed by atoms with Gasteiger partial charge >= 0.3 is 0 Å². The van der Waals surface area contributed by atoms with Crippen molar-refractivity contribution >= 4 is 38.1 Å². The quantitative estimate of drug-likeness (QED) is 0.0644. The number of benzene rings is 4. The maximum absolute atomic E-state index is 12.0. The molecular formula is C48H60IrNO3-. The fraction of sp³-hybridized carbons (Fsp3) is 0.458. The van der Waals surface area contributed by atoms with Crippen molar-refractivity contribution in [3.63, 3.8) is 0 Å². The van der Waals surface area contributed by atoms with Gasteiger partial charge in [0.2, 0.25) is 0 Å². The van der Waals surface area contributed by atoms with Gasteiger partial charge in [0.1, 0.15) is 11.5 Å². The summed E-state index contributed by atoms with van der Waals surface area (Å²) >= 11 is 0. The Hall–Kier alpha value is -3.53. The summed E-state index contributed by atoms with van der Waals surface area (Å²) in [6.07, 6.45) is 9.66. The van der Waals surface area contributed by atoms with Gasteiger partial charge in [-0.15, -0.1) is 17.5 Å². The van der Waals surface area contributed by atoms with E-state index >= 15 is 0 Å². The summed E-state index contributed by atoms with van der Waals surface area (Å²) in [7, 11) is 0. The fourth-order valence-corrected chi connectivity index (χ4v) is 7.96. The summed E-state index contributed by atoms with van der Waals surface area (Å²) < 4.78 is 6.86. The molecule has 0 spiro atoms. The first kappa shape index (κ1) is 42.2. The van der Waals surface area contributed by atoms with Crippen molar-refractivity contribution in [3.8, 4) is 22.8 Å². The van der Waals surface area contributed by atoms with Crippen LogP contribution in [-0.2, 0) is 37.7 Å². The van der Waals surface area contributed by atoms with Crippen LogP contribution < -0.4 is 4.74 Å². The van der Waals surface area contributed by atoms with Crippen LogP contribution in [0.3, 0.4) is 0 Å². The van der Waals surface area contributed by atoms with Crippen molar-refractivity contribution in [2.24, 2.45) is 22.2 Å². The SMILES string of the molecule is CC(C)(C)Cc1c2c([c-]c3ccccc13)-c1nccc3c1c(cc1c(CC(C)(C)C)cccc13)O2.CCC(CC)C(=O)/C=C(\O)C(CC)(CC)CC.[Ir]. The number of carbonyl (C=O) groups excluding carboxylic acids is 1. The predicted molar refractivity (Wildman–Crippen MR) is 221 cm³/mol. The van der Waals surface area contributed by atoms with Crippen LogP contribution in [0.2, 0.25) is 0 Å². The van der Waals surface area contributed by atoms with Gasteiger partial charge in [-0.1, -0.05) is 129 Å². The Morgan fingerprint density at radius 3 is 2.04 bits per heavy atom. The Balaban J connectivity index is 0.000000299. The number of hydrogen-bond donors (Lipinski definition) is 1. The zero-order valence-electron chi connectivity index (χ0n) is 33.9. The number of aliphatic hydroxyl groups excluding tert-OH is 1. The largest absolute Gasteiger partial charge is 0.512 e. The molecule has 53 heavy (non-hydrogen) atoms. The molecule has 4 nitrogen and oxygen atoms in total. The molecule has 1 aliphatic heterocycles. The summed E-state index contributed by atoms with van der Waals surface area (Å²) in [5.41, 5.74) is 4.67. The van der Waals surface area contributed by atoms with Crippen molar-refractivity contribution in [3.05, 3.63) is 89.8 Å². The smallest absolute Gasteiger partial charge is 0.162 e. The zero-order chi connectivity index (χ0) is 38.0. The number of rotatable bonds is 10. The standard InChI is InChI=1S/C33H32NO.C15H28O2.Ir/c1-32(2,3)18-21-11-9-13-23-24-14-15-34-30-26-16-20-10-7-8-12-22(20)27(19-33(4,5)6)31(26)35-28(29(24)30)17-25(21)23;1-6-12(7-2)13(16)11-14(17)15(8-3,9-4)10-5;/h7-15,17H,18-19H2,1-6H3;11-12,17H,6-10H2,1-5H3;/q-1;;/b;14-11-;. The van der Waals surface area contributed by atoms with Crippen molar-refractivity contribution < 1.29 is 34.7 Å². The number of aliphatic hydroxyl groups is 1. The Labute approximate surface area is 332 Å². The molecule has 5 aromatic rings. The number of aromatic nitrogens is 1. The molecule has 0 bridgehead atoms. The van der Waals surface area contributed by atoms with E-state index < -0.39 is 0 Å². The first-order chi connectivity index (χ1) is 24.6. The summed E-state index contributed by atoms with van der Waals surface area (Å²) in [5.74, 6) is 2.23. The first-order valence-electron chi connectivity index (χ1n) is 19.5. The van der Waals surface area contributed by atoms with Gasteiger partial charge in [-0.3, -0.25) is 9.78 Å². The van der Waals surface area contributed by atoms with Crippen LogP contribution in [0, 0.1) is 28.2 Å². The van der Waals surface area contributed by atoms with E-state index in [9.17, 15) is 9.90 Å². The van der Waals surface area contributed by atoms with Crippen LogP contribution in [-0.4, -0.2) is 15.9 Å². The van der Waals surface area contributed by atoms with E-state index in [-0.39, 0.29) is 53.8 Å². The predicted octanol–water partition coefficient (Wildman–Crippen LogP) is 13.9. The van der Waals surface area contributed by atoms with E-state index in [2.05, 4.69) is 123 Å². The molecule has 0 amide bonds. The van der Waals surface area contributed by atoms with Crippen molar-refractivity contribution in [1.82, 2.24) is 4.98 Å². The molecule has 0 saturated carbocycles. The zero-order valence-corrected chi connectivity index (χ0v) is 36.3. The first-order valence-corrected chi connectivity index (χ1v) is 19.5. The van der Waals surface area contributed by atoms with Gasteiger partial charge in [-0.25, -0.2) is 0 Å². The van der Waals surface area contributed by atoms with Gasteiger partial charge in [0.05, 0.1) is 5.75 Å². The van der Waals surface area contributed by atoms with Gasteiger partial charge in [0, 0.05) is 54.8 Å². The summed E-state index contributed by atoms with van der Waals surface area (Å²) in [4.78, 5) is 16.9. The maximum atomic E-state index is 12.0. The molecule has 285 valence electrons. The molecule has 1 aliphatic rings. The third-order valence-electron chi connectivity index (χ3n) is 11.1. The van der Waals surface area contributed by atoms with E-state index in [0.29, 0.717) is 0 Å². The molecule has 1 aromatic heterocycles. The summed E-state index contributed by atoms with van der Waals surface area (Å²) in [5, 5.41) is 17.4. The average molecular weight is 891 g/mol. The van der Waals surface area contributed by atoms with Crippen LogP contribution >= 0.6 is 0 Å². The van der Waals surface area contributed by atoms with Crippen molar-refractivity contribution in [2.75, 3.05) is 0 Å². The molecule has 1 N–H and O–H groups in total. The second-order valence-electron chi connectivity index (χ2n) is 17.2. The van der Waals surface area contributed by atoms with Gasteiger partial charge in [0.15, 0.2) is 5.78 Å². The third kappa shape index (κ3) is 8.90. The topological polar surface area (TPSA) is 59.4 Å². The number of carbonyl (C=O) groups is 1. The van der Waals surface area contributed by atoms with Crippen molar-refractivity contribution in [1.29, 1.82) is 0 Å². The molecule has 2 heterocycles. The normalized spacial score (nSPS) is 13.0. The molecule has 0 atom stereocenters. The minimum Gasteiger partial charge on any atom is -0.512 e. The number of hydrogen-bond acceptors (Lipinski definition) is 4. The summed E-state index contributed by atoms with van der Waals surface area (Å²) in [6.45, 7) is 24.0. The van der Waals surface area contributed by atoms with Gasteiger partial charge < -0.3 is 9.84 Å². The molecule has 0 aliphatic carbocycles. The number of fused-ring (bicyclic) bond motifs is 5. The van der Waals surface area contributed by atoms with E-state index in [1.165, 1.54) is 38.7 Å². The maximum Gasteiger partial charge on any atom is 0.162 e. The minimum atomic E-state index is -0.207. The molecular weight excluding hydrogens is 831 g/mol. The number of allylic oxidation sites excluding steroid dienone is 2. The Morgan fingerprint density at radius 1 is 0.811 bits per heavy atom. The molecule has 5 heteroatoms.